The standard InChI is InChI=1S/C19H24N4O/c1-14-19(21-17-9-5-4-8-16(17)20-14)23-11-10-22(18(24)13-23)12-15-6-2-3-7-15/h4-5,8-9,15H,2-3,6-7,10-13H2,1H3. The fourth-order valence-electron chi connectivity index (χ4n) is 3.97. The molecule has 1 aromatic heterocycles. The van der Waals surface area contributed by atoms with Crippen LogP contribution in [0.1, 0.15) is 31.4 Å². The van der Waals surface area contributed by atoms with Gasteiger partial charge >= 0.3 is 0 Å². The van der Waals surface area contributed by atoms with Gasteiger partial charge in [0.05, 0.1) is 23.3 Å². The van der Waals surface area contributed by atoms with E-state index in [1.54, 1.807) is 0 Å². The second-order valence-electron chi connectivity index (χ2n) is 7.03. The smallest absolute Gasteiger partial charge is 0.242 e. The number of fused-ring (bicyclic) bond motifs is 1. The van der Waals surface area contributed by atoms with Crippen LogP contribution in [0.25, 0.3) is 11.0 Å². The molecule has 24 heavy (non-hydrogen) atoms. The Balaban J connectivity index is 1.50. The van der Waals surface area contributed by atoms with E-state index in [1.807, 2.05) is 31.2 Å². The number of anilines is 1. The molecular formula is C19H24N4O. The van der Waals surface area contributed by atoms with E-state index in [0.29, 0.717) is 12.5 Å². The molecule has 1 amide bonds. The molecule has 0 radical (unpaired) electrons. The van der Waals surface area contributed by atoms with E-state index in [0.717, 1.165) is 42.2 Å². The summed E-state index contributed by atoms with van der Waals surface area (Å²) in [6.07, 6.45) is 5.21. The van der Waals surface area contributed by atoms with E-state index in [9.17, 15) is 4.79 Å². The Kier molecular flexibility index (Phi) is 4.08. The second kappa shape index (κ2) is 6.38. The summed E-state index contributed by atoms with van der Waals surface area (Å²) in [6, 6.07) is 7.90. The van der Waals surface area contributed by atoms with E-state index in [4.69, 9.17) is 4.98 Å². The maximum absolute atomic E-state index is 12.6. The van der Waals surface area contributed by atoms with E-state index >= 15 is 0 Å². The first kappa shape index (κ1) is 15.4. The van der Waals surface area contributed by atoms with Gasteiger partial charge in [0.15, 0.2) is 5.82 Å². The van der Waals surface area contributed by atoms with Crippen molar-refractivity contribution in [2.75, 3.05) is 31.1 Å². The Hall–Kier alpha value is -2.17. The van der Waals surface area contributed by atoms with Gasteiger partial charge in [-0.2, -0.15) is 0 Å². The average molecular weight is 324 g/mol. The highest BCUT2D eigenvalue weighted by molar-refractivity contribution is 5.83. The SMILES string of the molecule is Cc1nc2ccccc2nc1N1CCN(CC2CCCC2)C(=O)C1. The minimum absolute atomic E-state index is 0.225. The molecule has 2 fully saturated rings. The number of aromatic nitrogens is 2. The highest BCUT2D eigenvalue weighted by Gasteiger charge is 2.28. The Morgan fingerprint density at radius 2 is 1.79 bits per heavy atom. The molecule has 0 spiro atoms. The van der Waals surface area contributed by atoms with Crippen LogP contribution in [0.5, 0.6) is 0 Å². The quantitative estimate of drug-likeness (QED) is 0.871. The molecular weight excluding hydrogens is 300 g/mol. The zero-order valence-corrected chi connectivity index (χ0v) is 14.2. The van der Waals surface area contributed by atoms with Crippen molar-refractivity contribution in [1.82, 2.24) is 14.9 Å². The minimum Gasteiger partial charge on any atom is -0.344 e. The molecule has 126 valence electrons. The van der Waals surface area contributed by atoms with E-state index < -0.39 is 0 Å². The van der Waals surface area contributed by atoms with E-state index in [2.05, 4.69) is 14.8 Å². The third-order valence-corrected chi connectivity index (χ3v) is 5.29. The number of carbonyl (C=O) groups is 1. The molecule has 2 aromatic rings. The molecule has 1 saturated carbocycles. The lowest BCUT2D eigenvalue weighted by Gasteiger charge is -2.36. The van der Waals surface area contributed by atoms with Gasteiger partial charge in [0.25, 0.3) is 0 Å². The third-order valence-electron chi connectivity index (χ3n) is 5.29. The summed E-state index contributed by atoms with van der Waals surface area (Å²) >= 11 is 0. The zero-order valence-electron chi connectivity index (χ0n) is 14.2. The monoisotopic (exact) mass is 324 g/mol. The number of aryl methyl sites for hydroxylation is 1. The highest BCUT2D eigenvalue weighted by Crippen LogP contribution is 2.27. The van der Waals surface area contributed by atoms with E-state index in [-0.39, 0.29) is 5.91 Å². The van der Waals surface area contributed by atoms with Crippen LogP contribution in [0.2, 0.25) is 0 Å². The maximum Gasteiger partial charge on any atom is 0.242 e. The number of nitrogens with zero attached hydrogens (tertiary/aromatic N) is 4. The molecule has 1 aliphatic carbocycles. The van der Waals surface area contributed by atoms with Crippen molar-refractivity contribution in [2.24, 2.45) is 5.92 Å². The first-order valence-electron chi connectivity index (χ1n) is 8.97. The number of piperazine rings is 1. The second-order valence-corrected chi connectivity index (χ2v) is 7.03. The molecule has 4 rings (SSSR count). The number of hydrogen-bond donors (Lipinski definition) is 0. The van der Waals surface area contributed by atoms with Crippen molar-refractivity contribution >= 4 is 22.8 Å². The fourth-order valence-corrected chi connectivity index (χ4v) is 3.97. The zero-order chi connectivity index (χ0) is 16.5. The van der Waals surface area contributed by atoms with Crippen molar-refractivity contribution in [3.05, 3.63) is 30.0 Å². The Bertz CT molecular complexity index is 754. The number of hydrogen-bond acceptors (Lipinski definition) is 4. The molecule has 0 atom stereocenters. The lowest BCUT2D eigenvalue weighted by Crippen LogP contribution is -2.52. The van der Waals surface area contributed by atoms with Crippen molar-refractivity contribution in [3.8, 4) is 0 Å². The van der Waals surface area contributed by atoms with Crippen LogP contribution >= 0.6 is 0 Å². The molecule has 0 N–H and O–H groups in total. The Morgan fingerprint density at radius 1 is 1.08 bits per heavy atom. The van der Waals surface area contributed by atoms with Crippen LogP contribution in [0.3, 0.4) is 0 Å². The highest BCUT2D eigenvalue weighted by atomic mass is 16.2. The minimum atomic E-state index is 0.225. The lowest BCUT2D eigenvalue weighted by atomic mass is 10.1. The van der Waals surface area contributed by atoms with Gasteiger partial charge in [-0.05, 0) is 37.8 Å². The normalized spacial score (nSPS) is 19.5. The molecule has 5 nitrogen and oxygen atoms in total. The first-order valence-corrected chi connectivity index (χ1v) is 8.97. The van der Waals surface area contributed by atoms with Gasteiger partial charge in [-0.25, -0.2) is 9.97 Å². The topological polar surface area (TPSA) is 49.3 Å². The predicted octanol–water partition coefficient (Wildman–Crippen LogP) is 2.78. The van der Waals surface area contributed by atoms with Crippen LogP contribution in [-0.2, 0) is 4.79 Å². The summed E-state index contributed by atoms with van der Waals surface area (Å²) < 4.78 is 0. The first-order chi connectivity index (χ1) is 11.7. The predicted molar refractivity (Wildman–Crippen MR) is 95.0 cm³/mol. The fraction of sp³-hybridized carbons (Fsp3) is 0.526. The van der Waals surface area contributed by atoms with Crippen LogP contribution in [0, 0.1) is 12.8 Å². The van der Waals surface area contributed by atoms with Gasteiger partial charge in [0.2, 0.25) is 5.91 Å². The number of amides is 1. The molecule has 2 heterocycles. The summed E-state index contributed by atoms with van der Waals surface area (Å²) in [5.74, 6) is 1.78. The number of carbonyl (C=O) groups excluding carboxylic acids is 1. The van der Waals surface area contributed by atoms with Crippen molar-refractivity contribution < 1.29 is 4.79 Å². The van der Waals surface area contributed by atoms with Crippen LogP contribution in [-0.4, -0.2) is 47.0 Å². The summed E-state index contributed by atoms with van der Waals surface area (Å²) in [6.45, 7) is 4.97. The molecule has 1 aliphatic heterocycles. The molecule has 1 saturated heterocycles. The molecule has 1 aromatic carbocycles. The van der Waals surface area contributed by atoms with Gasteiger partial charge in [0, 0.05) is 19.6 Å². The van der Waals surface area contributed by atoms with Gasteiger partial charge in [-0.3, -0.25) is 4.79 Å². The number of benzene rings is 1. The Morgan fingerprint density at radius 3 is 2.50 bits per heavy atom. The average Bonchev–Trinajstić information content (AvgIpc) is 3.09. The van der Waals surface area contributed by atoms with Gasteiger partial charge in [-0.15, -0.1) is 0 Å². The van der Waals surface area contributed by atoms with Gasteiger partial charge in [0.1, 0.15) is 0 Å². The third kappa shape index (κ3) is 2.95. The summed E-state index contributed by atoms with van der Waals surface area (Å²) in [5.41, 5.74) is 2.69. The molecule has 0 bridgehead atoms. The Labute approximate surface area is 142 Å². The molecule has 5 heteroatoms. The summed E-state index contributed by atoms with van der Waals surface area (Å²) in [5, 5.41) is 0. The number of rotatable bonds is 3. The van der Waals surface area contributed by atoms with Crippen molar-refractivity contribution in [2.45, 2.75) is 32.6 Å². The molecule has 2 aliphatic rings. The van der Waals surface area contributed by atoms with Crippen molar-refractivity contribution in [1.29, 1.82) is 0 Å². The lowest BCUT2D eigenvalue weighted by molar-refractivity contribution is -0.131. The molecule has 0 unspecified atom stereocenters. The largest absolute Gasteiger partial charge is 0.344 e. The van der Waals surface area contributed by atoms with Gasteiger partial charge in [-0.1, -0.05) is 25.0 Å². The van der Waals surface area contributed by atoms with E-state index in [1.165, 1.54) is 25.7 Å². The summed E-state index contributed by atoms with van der Waals surface area (Å²) in [7, 11) is 0. The van der Waals surface area contributed by atoms with Crippen LogP contribution in [0.15, 0.2) is 24.3 Å². The van der Waals surface area contributed by atoms with Crippen LogP contribution in [0.4, 0.5) is 5.82 Å². The van der Waals surface area contributed by atoms with Crippen LogP contribution < -0.4 is 4.90 Å². The van der Waals surface area contributed by atoms with Crippen molar-refractivity contribution in [3.63, 3.8) is 0 Å². The number of para-hydroxylation sites is 2. The van der Waals surface area contributed by atoms with Gasteiger partial charge < -0.3 is 9.80 Å². The maximum atomic E-state index is 12.6. The summed E-state index contributed by atoms with van der Waals surface area (Å²) in [4.78, 5) is 26.1.